The number of carboxylic acids is 1. The van der Waals surface area contributed by atoms with Gasteiger partial charge < -0.3 is 14.6 Å². The van der Waals surface area contributed by atoms with E-state index in [9.17, 15) is 31.1 Å². The fourth-order valence-electron chi connectivity index (χ4n) is 2.34. The highest BCUT2D eigenvalue weighted by Crippen LogP contribution is 2.35. The lowest BCUT2D eigenvalue weighted by molar-refractivity contribution is -0.153. The molecular weight excluding hydrogens is 412 g/mol. The van der Waals surface area contributed by atoms with Crippen molar-refractivity contribution in [2.45, 2.75) is 12.4 Å². The first-order chi connectivity index (χ1) is 13.5. The predicted octanol–water partition coefficient (Wildman–Crippen LogP) is 4.18. The van der Waals surface area contributed by atoms with Gasteiger partial charge in [0, 0.05) is 6.20 Å². The van der Waals surface area contributed by atoms with E-state index in [0.29, 0.717) is 4.40 Å². The largest absolute Gasteiger partial charge is 0.478 e. The summed E-state index contributed by atoms with van der Waals surface area (Å²) in [4.78, 5) is 18.2. The Hall–Kier alpha value is -3.51. The van der Waals surface area contributed by atoms with Crippen molar-refractivity contribution in [1.29, 1.82) is 0 Å². The first-order valence-corrected chi connectivity index (χ1v) is 7.61. The van der Waals surface area contributed by atoms with E-state index in [4.69, 9.17) is 9.84 Å². The van der Waals surface area contributed by atoms with Gasteiger partial charge in [-0.25, -0.2) is 14.8 Å². The Kier molecular flexibility index (Phi) is 4.98. The zero-order chi connectivity index (χ0) is 21.4. The number of aromatic carboxylic acids is 1. The van der Waals surface area contributed by atoms with Crippen LogP contribution in [0.2, 0.25) is 0 Å². The lowest BCUT2D eigenvalue weighted by Crippen LogP contribution is -2.19. The predicted molar refractivity (Wildman–Crippen MR) is 83.0 cm³/mol. The average molecular weight is 421 g/mol. The van der Waals surface area contributed by atoms with Crippen LogP contribution in [0.25, 0.3) is 5.65 Å². The lowest BCUT2D eigenvalue weighted by atomic mass is 10.3. The van der Waals surface area contributed by atoms with Gasteiger partial charge in [-0.05, 0) is 24.3 Å². The number of hydrogen-bond acceptors (Lipinski definition) is 5. The maximum absolute atomic E-state index is 13.3. The minimum Gasteiger partial charge on any atom is -0.478 e. The summed E-state index contributed by atoms with van der Waals surface area (Å²) < 4.78 is 87.2. The van der Waals surface area contributed by atoms with Gasteiger partial charge >= 0.3 is 18.3 Å². The number of ether oxygens (including phenoxy) is 2. The second-order valence-electron chi connectivity index (χ2n) is 5.52. The minimum absolute atomic E-state index is 0.270. The third-order valence-electron chi connectivity index (χ3n) is 3.40. The van der Waals surface area contributed by atoms with Gasteiger partial charge in [0.25, 0.3) is 5.88 Å². The fraction of sp³-hybridized carbons (Fsp3) is 0.188. The first-order valence-electron chi connectivity index (χ1n) is 7.61. The van der Waals surface area contributed by atoms with E-state index >= 15 is 0 Å². The van der Waals surface area contributed by atoms with Crippen molar-refractivity contribution in [2.24, 2.45) is 0 Å². The molecule has 0 spiro atoms. The summed E-state index contributed by atoms with van der Waals surface area (Å²) in [5.74, 6) is -2.97. The van der Waals surface area contributed by atoms with E-state index in [1.807, 2.05) is 0 Å². The summed E-state index contributed by atoms with van der Waals surface area (Å²) in [6.07, 6.45) is -7.70. The van der Waals surface area contributed by atoms with E-state index in [-0.39, 0.29) is 11.4 Å². The van der Waals surface area contributed by atoms with Crippen LogP contribution < -0.4 is 9.47 Å². The van der Waals surface area contributed by atoms with Crippen LogP contribution in [0.3, 0.4) is 0 Å². The number of halogens is 6. The second kappa shape index (κ2) is 7.14. The second-order valence-corrected chi connectivity index (χ2v) is 5.52. The molecule has 0 atom stereocenters. The molecule has 0 unspecified atom stereocenters. The number of alkyl halides is 6. The number of aromatic nitrogens is 3. The number of fused-ring (bicyclic) bond motifs is 1. The van der Waals surface area contributed by atoms with Crippen LogP contribution in [0.15, 0.2) is 36.7 Å². The van der Waals surface area contributed by atoms with E-state index < -0.39 is 47.9 Å². The van der Waals surface area contributed by atoms with Crippen molar-refractivity contribution >= 4 is 11.6 Å². The smallest absolute Gasteiger partial charge is 0.434 e. The number of pyridine rings is 2. The van der Waals surface area contributed by atoms with Crippen molar-refractivity contribution in [2.75, 3.05) is 6.61 Å². The number of carboxylic acid groups (broad SMARTS) is 1. The van der Waals surface area contributed by atoms with Gasteiger partial charge in [0.15, 0.2) is 23.7 Å². The van der Waals surface area contributed by atoms with E-state index in [2.05, 4.69) is 14.7 Å². The summed E-state index contributed by atoms with van der Waals surface area (Å²) in [6.45, 7) is -1.63. The standard InChI is InChI=1S/C16H9F6N3O4/c17-15(18,19)7-28-9-2-1-5-23-13(9)29-8-3-4-10-24-11(14(26)27)12(16(20,21)22)25(10)6-8/h1-6H,7H2,(H,26,27). The van der Waals surface area contributed by atoms with Gasteiger partial charge in [0.1, 0.15) is 11.4 Å². The van der Waals surface area contributed by atoms with Crippen LogP contribution in [0.5, 0.6) is 17.4 Å². The van der Waals surface area contributed by atoms with Crippen molar-refractivity contribution in [1.82, 2.24) is 14.4 Å². The van der Waals surface area contributed by atoms with E-state index in [1.54, 1.807) is 0 Å². The lowest BCUT2D eigenvalue weighted by Gasteiger charge is -2.13. The number of imidazole rings is 1. The molecule has 0 saturated heterocycles. The van der Waals surface area contributed by atoms with Gasteiger partial charge in [0.2, 0.25) is 0 Å². The molecule has 13 heteroatoms. The highest BCUT2D eigenvalue weighted by atomic mass is 19.4. The molecule has 0 saturated carbocycles. The maximum atomic E-state index is 13.3. The molecule has 0 amide bonds. The Morgan fingerprint density at radius 1 is 1.14 bits per heavy atom. The fourth-order valence-corrected chi connectivity index (χ4v) is 2.34. The van der Waals surface area contributed by atoms with E-state index in [0.717, 1.165) is 24.4 Å². The van der Waals surface area contributed by atoms with Gasteiger partial charge in [-0.3, -0.25) is 4.40 Å². The molecule has 3 aromatic rings. The van der Waals surface area contributed by atoms with Crippen molar-refractivity contribution in [3.05, 3.63) is 48.0 Å². The number of carbonyl (C=O) groups is 1. The Labute approximate surface area is 157 Å². The van der Waals surface area contributed by atoms with Crippen molar-refractivity contribution < 1.29 is 45.7 Å². The van der Waals surface area contributed by atoms with Crippen LogP contribution >= 0.6 is 0 Å². The molecule has 7 nitrogen and oxygen atoms in total. The Bertz CT molecular complexity index is 1060. The third-order valence-corrected chi connectivity index (χ3v) is 3.40. The van der Waals surface area contributed by atoms with Crippen LogP contribution in [-0.2, 0) is 6.18 Å². The van der Waals surface area contributed by atoms with Gasteiger partial charge in [-0.1, -0.05) is 0 Å². The third kappa shape index (κ3) is 4.50. The van der Waals surface area contributed by atoms with Crippen LogP contribution in [0, 0.1) is 0 Å². The molecule has 3 heterocycles. The molecule has 1 N–H and O–H groups in total. The molecule has 3 rings (SSSR count). The summed E-state index contributed by atoms with van der Waals surface area (Å²) in [5, 5.41) is 8.97. The quantitative estimate of drug-likeness (QED) is 0.623. The summed E-state index contributed by atoms with van der Waals surface area (Å²) >= 11 is 0. The van der Waals surface area contributed by atoms with Gasteiger partial charge in [-0.2, -0.15) is 26.3 Å². The Morgan fingerprint density at radius 3 is 2.48 bits per heavy atom. The summed E-state index contributed by atoms with van der Waals surface area (Å²) in [7, 11) is 0. The topological polar surface area (TPSA) is 86.0 Å². The average Bonchev–Trinajstić information content (AvgIpc) is 2.99. The van der Waals surface area contributed by atoms with Crippen LogP contribution in [0.1, 0.15) is 16.2 Å². The number of nitrogens with zero attached hydrogens (tertiary/aromatic N) is 3. The molecule has 29 heavy (non-hydrogen) atoms. The van der Waals surface area contributed by atoms with Crippen molar-refractivity contribution in [3.8, 4) is 17.4 Å². The first kappa shape index (κ1) is 20.2. The molecule has 3 aromatic heterocycles. The molecule has 154 valence electrons. The Balaban J connectivity index is 1.99. The normalized spacial score (nSPS) is 12.2. The Morgan fingerprint density at radius 2 is 1.86 bits per heavy atom. The zero-order valence-corrected chi connectivity index (χ0v) is 14.0. The molecule has 0 aromatic carbocycles. The number of hydrogen-bond donors (Lipinski definition) is 1. The molecule has 0 fully saturated rings. The molecule has 0 radical (unpaired) electrons. The molecule has 0 aliphatic rings. The molecule has 0 aliphatic carbocycles. The SMILES string of the molecule is O=C(O)c1nc2ccc(Oc3ncccc3OCC(F)(F)F)cn2c1C(F)(F)F. The maximum Gasteiger partial charge on any atom is 0.434 e. The summed E-state index contributed by atoms with van der Waals surface area (Å²) in [5.41, 5.74) is -3.07. The highest BCUT2D eigenvalue weighted by molar-refractivity contribution is 5.88. The van der Waals surface area contributed by atoms with Gasteiger partial charge in [0.05, 0.1) is 6.20 Å². The molecule has 0 aliphatic heterocycles. The van der Waals surface area contributed by atoms with Crippen LogP contribution in [-0.4, -0.2) is 38.2 Å². The van der Waals surface area contributed by atoms with E-state index in [1.165, 1.54) is 12.3 Å². The monoisotopic (exact) mass is 421 g/mol. The zero-order valence-electron chi connectivity index (χ0n) is 14.0. The minimum atomic E-state index is -5.04. The molecular formula is C16H9F6N3O4. The van der Waals surface area contributed by atoms with Crippen LogP contribution in [0.4, 0.5) is 26.3 Å². The van der Waals surface area contributed by atoms with Gasteiger partial charge in [-0.15, -0.1) is 0 Å². The molecule has 0 bridgehead atoms. The number of rotatable bonds is 5. The van der Waals surface area contributed by atoms with Crippen molar-refractivity contribution in [3.63, 3.8) is 0 Å². The highest BCUT2D eigenvalue weighted by Gasteiger charge is 2.40. The summed E-state index contributed by atoms with van der Waals surface area (Å²) in [6, 6.07) is 4.61.